The second-order valence-corrected chi connectivity index (χ2v) is 22.6. The zero-order chi connectivity index (χ0) is 51.3. The van der Waals surface area contributed by atoms with Crippen LogP contribution in [-0.4, -0.2) is 0 Å². The molecule has 0 saturated carbocycles. The molecule has 0 atom stereocenters. The molecule has 366 valence electrons. The number of benzene rings is 14. The largest absolute Gasteiger partial charge is 0.416 e. The highest BCUT2D eigenvalue weighted by Crippen LogP contribution is 2.61. The Morgan fingerprint density at radius 1 is 0.218 bits per heavy atom. The van der Waals surface area contributed by atoms with Crippen LogP contribution in [-0.2, 0) is 0 Å². The second kappa shape index (κ2) is 18.0. The van der Waals surface area contributed by atoms with Crippen LogP contribution in [0.15, 0.2) is 284 Å². The molecular weight excluding hydrogens is 991 g/mol. The first-order chi connectivity index (χ1) is 38.7. The van der Waals surface area contributed by atoms with E-state index in [2.05, 4.69) is 267 Å². The Bertz CT molecular complexity index is 4690. The van der Waals surface area contributed by atoms with Crippen molar-refractivity contribution in [3.8, 4) is 44.0 Å². The van der Waals surface area contributed by atoms with Crippen LogP contribution in [0.2, 0.25) is 0 Å². The summed E-state index contributed by atoms with van der Waals surface area (Å²) >= 11 is 0. The third-order valence-corrected chi connectivity index (χ3v) is 18.7. The lowest BCUT2D eigenvalue weighted by atomic mass is 9.88. The topological polar surface area (TPSA) is 52.6 Å². The fourth-order valence-electron chi connectivity index (χ4n) is 12.2. The Labute approximate surface area is 449 Å². The minimum Gasteiger partial charge on any atom is -0.416 e. The van der Waals surface area contributed by atoms with Gasteiger partial charge in [-0.05, 0) is 112 Å². The SMILES string of the molecule is c1ccc(-c2cc3ccccc3c(-c3c(-p4oc5ccc6ccccc6c5c5c(ccc6ccccc65)o4)c(-c4ccccc4)cc4ccccc34)c2-p2oc3ccc4ccccc4c3c3c(ccc4ccccc43)o2)cc1. The molecule has 78 heavy (non-hydrogen) atoms. The fraction of sp³-hybridized carbons (Fsp3) is 0. The Hall–Kier alpha value is -9.56. The van der Waals surface area contributed by atoms with Crippen molar-refractivity contribution in [1.29, 1.82) is 0 Å². The van der Waals surface area contributed by atoms with Gasteiger partial charge in [0.2, 0.25) is 0 Å². The molecule has 0 N–H and O–H groups in total. The maximum absolute atomic E-state index is 7.75. The van der Waals surface area contributed by atoms with Gasteiger partial charge in [-0.2, -0.15) is 0 Å². The normalized spacial score (nSPS) is 11.8. The number of hydrogen-bond donors (Lipinski definition) is 0. The summed E-state index contributed by atoms with van der Waals surface area (Å²) < 4.78 is 31.0. The number of rotatable bonds is 5. The summed E-state index contributed by atoms with van der Waals surface area (Å²) in [6.45, 7) is 0. The molecule has 6 heteroatoms. The first kappa shape index (κ1) is 44.7. The van der Waals surface area contributed by atoms with Crippen molar-refractivity contribution >= 4 is 125 Å². The summed E-state index contributed by atoms with van der Waals surface area (Å²) in [5.41, 5.74) is 9.22. The van der Waals surface area contributed by atoms with Gasteiger partial charge in [-0.1, -0.05) is 231 Å². The van der Waals surface area contributed by atoms with Gasteiger partial charge in [0.15, 0.2) is 0 Å². The fourth-order valence-corrected chi connectivity index (χ4v) is 15.5. The van der Waals surface area contributed by atoms with Crippen molar-refractivity contribution in [3.63, 3.8) is 0 Å². The summed E-state index contributed by atoms with van der Waals surface area (Å²) in [5, 5.41) is 19.2. The van der Waals surface area contributed by atoms with Gasteiger partial charge in [0.1, 0.15) is 22.3 Å². The molecule has 0 unspecified atom stereocenters. The van der Waals surface area contributed by atoms with E-state index in [0.29, 0.717) is 0 Å². The lowest BCUT2D eigenvalue weighted by molar-refractivity contribution is 0.650. The minimum absolute atomic E-state index is 0.767. The van der Waals surface area contributed by atoms with Crippen LogP contribution in [0.5, 0.6) is 0 Å². The summed E-state index contributed by atoms with van der Waals surface area (Å²) in [6.07, 6.45) is 0. The van der Waals surface area contributed by atoms with Crippen LogP contribution < -0.4 is 0 Å². The van der Waals surface area contributed by atoms with Crippen LogP contribution >= 0.6 is 16.0 Å². The molecule has 0 spiro atoms. The van der Waals surface area contributed by atoms with Crippen LogP contribution in [0.4, 0.5) is 0 Å². The molecule has 0 fully saturated rings. The van der Waals surface area contributed by atoms with Crippen molar-refractivity contribution in [2.75, 3.05) is 0 Å². The molecule has 16 aromatic rings. The lowest BCUT2D eigenvalue weighted by Gasteiger charge is -2.22. The van der Waals surface area contributed by atoms with E-state index >= 15 is 0 Å². The highest BCUT2D eigenvalue weighted by Gasteiger charge is 2.30. The van der Waals surface area contributed by atoms with Crippen molar-refractivity contribution in [2.24, 2.45) is 0 Å². The summed E-state index contributed by atoms with van der Waals surface area (Å²) in [6, 6.07) is 95.4. The molecule has 2 aromatic heterocycles. The van der Waals surface area contributed by atoms with E-state index in [1.54, 1.807) is 0 Å². The van der Waals surface area contributed by atoms with Gasteiger partial charge in [-0.3, -0.25) is 0 Å². The van der Waals surface area contributed by atoms with E-state index in [1.165, 1.54) is 0 Å². The van der Waals surface area contributed by atoms with Crippen LogP contribution in [0.1, 0.15) is 0 Å². The van der Waals surface area contributed by atoms with Gasteiger partial charge in [-0.15, -0.1) is 0 Å². The van der Waals surface area contributed by atoms with Gasteiger partial charge in [0.25, 0.3) is 16.0 Å². The predicted molar refractivity (Wildman–Crippen MR) is 330 cm³/mol. The van der Waals surface area contributed by atoms with Crippen molar-refractivity contribution in [2.45, 2.75) is 0 Å². The molecule has 0 amide bonds. The minimum atomic E-state index is -1.99. The van der Waals surface area contributed by atoms with E-state index < -0.39 is 16.0 Å². The molecule has 0 bridgehead atoms. The second-order valence-electron chi connectivity index (χ2n) is 20.0. The quantitative estimate of drug-likeness (QED) is 0.172. The van der Waals surface area contributed by atoms with Gasteiger partial charge in [0.05, 0.1) is 10.6 Å². The molecule has 0 aliphatic heterocycles. The molecule has 0 saturated heterocycles. The molecule has 0 aliphatic carbocycles. The lowest BCUT2D eigenvalue weighted by Crippen LogP contribution is -1.94. The van der Waals surface area contributed by atoms with Crippen LogP contribution in [0.25, 0.3) is 153 Å². The molecule has 14 aromatic carbocycles. The summed E-state index contributed by atoms with van der Waals surface area (Å²) in [4.78, 5) is 0. The predicted octanol–water partition coefficient (Wildman–Crippen LogP) is 22.8. The summed E-state index contributed by atoms with van der Waals surface area (Å²) in [5.74, 6) is 0. The van der Waals surface area contributed by atoms with Gasteiger partial charge >= 0.3 is 0 Å². The third kappa shape index (κ3) is 7.08. The van der Waals surface area contributed by atoms with Gasteiger partial charge < -0.3 is 16.8 Å². The Balaban J connectivity index is 1.15. The van der Waals surface area contributed by atoms with E-state index in [0.717, 1.165) is 153 Å². The van der Waals surface area contributed by atoms with E-state index in [1.807, 2.05) is 0 Å². The van der Waals surface area contributed by atoms with Gasteiger partial charge in [0, 0.05) is 43.8 Å². The highest BCUT2D eigenvalue weighted by atomic mass is 31.1. The van der Waals surface area contributed by atoms with Crippen molar-refractivity contribution < 1.29 is 16.8 Å². The Kier molecular flexibility index (Phi) is 10.3. The zero-order valence-electron chi connectivity index (χ0n) is 41.9. The number of fused-ring (bicyclic) bond motifs is 16. The van der Waals surface area contributed by atoms with Crippen molar-refractivity contribution in [1.82, 2.24) is 0 Å². The molecule has 0 radical (unpaired) electrons. The molecule has 4 nitrogen and oxygen atoms in total. The molecule has 2 heterocycles. The number of hydrogen-bond acceptors (Lipinski definition) is 4. The van der Waals surface area contributed by atoms with Crippen molar-refractivity contribution in [3.05, 3.63) is 267 Å². The first-order valence-corrected chi connectivity index (χ1v) is 28.7. The van der Waals surface area contributed by atoms with Crippen LogP contribution in [0, 0.1) is 0 Å². The third-order valence-electron chi connectivity index (χ3n) is 15.6. The van der Waals surface area contributed by atoms with Gasteiger partial charge in [-0.25, -0.2) is 0 Å². The Morgan fingerprint density at radius 2 is 0.474 bits per heavy atom. The maximum Gasteiger partial charge on any atom is 0.254 e. The Morgan fingerprint density at radius 3 is 0.782 bits per heavy atom. The van der Waals surface area contributed by atoms with E-state index in [4.69, 9.17) is 16.8 Å². The van der Waals surface area contributed by atoms with E-state index in [9.17, 15) is 0 Å². The maximum atomic E-state index is 7.75. The summed E-state index contributed by atoms with van der Waals surface area (Å²) in [7, 11) is -3.99. The molecular formula is C72H44O4P2. The highest BCUT2D eigenvalue weighted by molar-refractivity contribution is 7.47. The smallest absolute Gasteiger partial charge is 0.254 e. The zero-order valence-corrected chi connectivity index (χ0v) is 43.7. The standard InChI is InChI=1S/C72H44O4P2/c1-3-19-45(20-4-1)59-43-51-27-11-17-33-57(51)69(71(59)77-73-61-39-35-47-23-7-13-29-53(47)65(61)66-54-30-14-8-24-48(54)36-40-62(66)74-77)70-58-34-18-12-28-52(58)44-60(46-21-5-2-6-22-46)72(70)78-75-63-41-37-49-25-9-15-31-55(49)67(63)68-56-32-16-10-26-50(56)38-42-64(68)76-78/h1-44H. The monoisotopic (exact) mass is 1030 g/mol. The molecule has 16 rings (SSSR count). The van der Waals surface area contributed by atoms with E-state index in [-0.39, 0.29) is 0 Å². The average molecular weight is 1040 g/mol. The first-order valence-electron chi connectivity index (χ1n) is 26.3. The average Bonchev–Trinajstić information content (AvgIpc) is 3.83. The van der Waals surface area contributed by atoms with Crippen LogP contribution in [0.3, 0.4) is 0 Å². The molecule has 0 aliphatic rings.